The van der Waals surface area contributed by atoms with Crippen molar-refractivity contribution >= 4 is 23.2 Å². The van der Waals surface area contributed by atoms with Gasteiger partial charge in [0.15, 0.2) is 5.11 Å². The van der Waals surface area contributed by atoms with E-state index in [-0.39, 0.29) is 5.91 Å². The van der Waals surface area contributed by atoms with Crippen LogP contribution in [0.25, 0.3) is 0 Å². The summed E-state index contributed by atoms with van der Waals surface area (Å²) in [4.78, 5) is 12.7. The van der Waals surface area contributed by atoms with Crippen LogP contribution in [0.5, 0.6) is 0 Å². The monoisotopic (exact) mass is 273 g/mol. The fourth-order valence-electron chi connectivity index (χ4n) is 2.02. The number of carbonyl (C=O) groups excluding carboxylic acids is 1. The lowest BCUT2D eigenvalue weighted by Crippen LogP contribution is -3.05. The van der Waals surface area contributed by atoms with E-state index in [0.717, 1.165) is 6.54 Å². The maximum Gasteiger partial charge on any atom is 0.244 e. The standard InChI is InChI=1S/C12H24N4OS/c1-16(2)9-8-11(17)14-15-12(18)13-10-6-4-3-5-7-10/h10H,3-9H2,1-2H3,(H,14,17)(H2,13,15,18)/p+1. The topological polar surface area (TPSA) is 57.6 Å². The lowest BCUT2D eigenvalue weighted by molar-refractivity contribution is -0.857. The molecule has 1 aliphatic rings. The summed E-state index contributed by atoms with van der Waals surface area (Å²) in [5.41, 5.74) is 5.39. The van der Waals surface area contributed by atoms with Crippen molar-refractivity contribution in [2.24, 2.45) is 0 Å². The zero-order valence-electron chi connectivity index (χ0n) is 11.3. The second kappa shape index (κ2) is 8.26. The van der Waals surface area contributed by atoms with E-state index in [1.165, 1.54) is 37.0 Å². The zero-order valence-corrected chi connectivity index (χ0v) is 12.2. The third-order valence-electron chi connectivity index (χ3n) is 3.11. The maximum atomic E-state index is 11.5. The number of nitrogens with one attached hydrogen (secondary N) is 4. The van der Waals surface area contributed by atoms with E-state index < -0.39 is 0 Å². The molecule has 1 aliphatic carbocycles. The summed E-state index contributed by atoms with van der Waals surface area (Å²) in [5, 5.41) is 3.76. The predicted molar refractivity (Wildman–Crippen MR) is 76.2 cm³/mol. The fourth-order valence-corrected chi connectivity index (χ4v) is 2.24. The normalized spacial score (nSPS) is 16.4. The molecular weight excluding hydrogens is 248 g/mol. The van der Waals surface area contributed by atoms with Crippen LogP contribution in [-0.2, 0) is 4.79 Å². The van der Waals surface area contributed by atoms with E-state index in [2.05, 4.69) is 16.2 Å². The van der Waals surface area contributed by atoms with E-state index in [0.29, 0.717) is 17.6 Å². The number of hydrogen-bond donors (Lipinski definition) is 4. The summed E-state index contributed by atoms with van der Waals surface area (Å²) < 4.78 is 0. The molecule has 0 radical (unpaired) electrons. The average Bonchev–Trinajstić information content (AvgIpc) is 2.35. The summed E-state index contributed by atoms with van der Waals surface area (Å²) in [6.07, 6.45) is 6.68. The van der Waals surface area contributed by atoms with Gasteiger partial charge >= 0.3 is 0 Å². The van der Waals surface area contributed by atoms with Crippen LogP contribution in [0.15, 0.2) is 0 Å². The second-order valence-corrected chi connectivity index (χ2v) is 5.60. The molecule has 6 heteroatoms. The fraction of sp³-hybridized carbons (Fsp3) is 0.833. The highest BCUT2D eigenvalue weighted by molar-refractivity contribution is 7.80. The first-order chi connectivity index (χ1) is 8.58. The molecule has 0 aromatic heterocycles. The number of quaternary nitrogens is 1. The molecule has 1 fully saturated rings. The van der Waals surface area contributed by atoms with Crippen LogP contribution in [0.3, 0.4) is 0 Å². The third kappa shape index (κ3) is 6.76. The molecule has 0 heterocycles. The number of amides is 1. The maximum absolute atomic E-state index is 11.5. The molecule has 18 heavy (non-hydrogen) atoms. The van der Waals surface area contributed by atoms with Gasteiger partial charge in [-0.1, -0.05) is 19.3 Å². The summed E-state index contributed by atoms with van der Waals surface area (Å²) in [6, 6.07) is 0.460. The van der Waals surface area contributed by atoms with Crippen LogP contribution >= 0.6 is 12.2 Å². The van der Waals surface area contributed by atoms with E-state index in [1.807, 2.05) is 14.1 Å². The molecule has 0 atom stereocenters. The average molecular weight is 273 g/mol. The molecule has 4 N–H and O–H groups in total. The Morgan fingerprint density at radius 1 is 1.22 bits per heavy atom. The quantitative estimate of drug-likeness (QED) is 0.406. The van der Waals surface area contributed by atoms with Gasteiger partial charge < -0.3 is 10.2 Å². The van der Waals surface area contributed by atoms with Gasteiger partial charge in [0.2, 0.25) is 5.91 Å². The second-order valence-electron chi connectivity index (χ2n) is 5.19. The van der Waals surface area contributed by atoms with Crippen LogP contribution in [0, 0.1) is 0 Å². The first-order valence-corrected chi connectivity index (χ1v) is 7.13. The zero-order chi connectivity index (χ0) is 13.4. The smallest absolute Gasteiger partial charge is 0.244 e. The number of thiocarbonyl (C=S) groups is 1. The van der Waals surface area contributed by atoms with E-state index in [1.54, 1.807) is 0 Å². The van der Waals surface area contributed by atoms with Gasteiger partial charge in [-0.3, -0.25) is 15.6 Å². The highest BCUT2D eigenvalue weighted by Crippen LogP contribution is 2.16. The summed E-state index contributed by atoms with van der Waals surface area (Å²) >= 11 is 5.15. The van der Waals surface area contributed by atoms with Gasteiger partial charge in [-0.15, -0.1) is 0 Å². The Morgan fingerprint density at radius 2 is 1.89 bits per heavy atom. The first kappa shape index (κ1) is 15.2. The van der Waals surface area contributed by atoms with Gasteiger partial charge in [-0.2, -0.15) is 0 Å². The molecule has 0 spiro atoms. The van der Waals surface area contributed by atoms with E-state index in [9.17, 15) is 4.79 Å². The van der Waals surface area contributed by atoms with Crippen molar-refractivity contribution in [2.45, 2.75) is 44.6 Å². The van der Waals surface area contributed by atoms with Crippen molar-refractivity contribution in [1.82, 2.24) is 16.2 Å². The molecule has 5 nitrogen and oxygen atoms in total. The van der Waals surface area contributed by atoms with Gasteiger partial charge in [-0.25, -0.2) is 0 Å². The van der Waals surface area contributed by atoms with Crippen LogP contribution in [0.4, 0.5) is 0 Å². The van der Waals surface area contributed by atoms with Gasteiger partial charge in [0.25, 0.3) is 0 Å². The molecule has 1 rings (SSSR count). The largest absolute Gasteiger partial charge is 0.359 e. The highest BCUT2D eigenvalue weighted by Gasteiger charge is 2.14. The molecule has 104 valence electrons. The van der Waals surface area contributed by atoms with Crippen molar-refractivity contribution in [2.75, 3.05) is 20.6 Å². The minimum absolute atomic E-state index is 0.0241. The van der Waals surface area contributed by atoms with Crippen molar-refractivity contribution in [3.63, 3.8) is 0 Å². The summed E-state index contributed by atoms with van der Waals surface area (Å²) in [5.74, 6) is -0.0241. The van der Waals surface area contributed by atoms with Crippen molar-refractivity contribution in [1.29, 1.82) is 0 Å². The van der Waals surface area contributed by atoms with E-state index in [4.69, 9.17) is 12.2 Å². The van der Waals surface area contributed by atoms with Crippen LogP contribution in [0.2, 0.25) is 0 Å². The molecule has 1 amide bonds. The summed E-state index contributed by atoms with van der Waals surface area (Å²) in [6.45, 7) is 0.816. The number of hydrazine groups is 1. The lowest BCUT2D eigenvalue weighted by atomic mass is 9.96. The van der Waals surface area contributed by atoms with Crippen molar-refractivity contribution in [3.05, 3.63) is 0 Å². The number of rotatable bonds is 4. The Labute approximate surface area is 115 Å². The van der Waals surface area contributed by atoms with Crippen LogP contribution < -0.4 is 21.1 Å². The van der Waals surface area contributed by atoms with Crippen molar-refractivity contribution < 1.29 is 9.69 Å². The van der Waals surface area contributed by atoms with Crippen LogP contribution in [0.1, 0.15) is 38.5 Å². The summed E-state index contributed by atoms with van der Waals surface area (Å²) in [7, 11) is 4.05. The molecule has 0 aromatic rings. The van der Waals surface area contributed by atoms with Gasteiger partial charge in [0.05, 0.1) is 27.1 Å². The SMILES string of the molecule is C[NH+](C)CCC(=O)NNC(=S)NC1CCCCC1. The van der Waals surface area contributed by atoms with Crippen LogP contribution in [-0.4, -0.2) is 37.7 Å². The van der Waals surface area contributed by atoms with Gasteiger partial charge in [-0.05, 0) is 25.1 Å². The highest BCUT2D eigenvalue weighted by atomic mass is 32.1. The Balaban J connectivity index is 2.10. The molecule has 0 bridgehead atoms. The predicted octanol–water partition coefficient (Wildman–Crippen LogP) is -0.651. The Morgan fingerprint density at radius 3 is 2.50 bits per heavy atom. The molecule has 0 aromatic carbocycles. The van der Waals surface area contributed by atoms with Gasteiger partial charge in [0, 0.05) is 6.04 Å². The molecule has 1 saturated carbocycles. The third-order valence-corrected chi connectivity index (χ3v) is 3.33. The molecule has 0 unspecified atom stereocenters. The molecule has 0 aliphatic heterocycles. The van der Waals surface area contributed by atoms with Gasteiger partial charge in [0.1, 0.15) is 0 Å². The minimum Gasteiger partial charge on any atom is -0.359 e. The Bertz CT molecular complexity index is 277. The first-order valence-electron chi connectivity index (χ1n) is 6.72. The number of carbonyl (C=O) groups is 1. The Hall–Kier alpha value is -0.880. The van der Waals surface area contributed by atoms with E-state index >= 15 is 0 Å². The lowest BCUT2D eigenvalue weighted by Gasteiger charge is -2.24. The Kier molecular flexibility index (Phi) is 6.97. The van der Waals surface area contributed by atoms with Crippen molar-refractivity contribution in [3.8, 4) is 0 Å². The molecule has 0 saturated heterocycles. The molecular formula is C12H25N4OS+. The minimum atomic E-state index is -0.0241. The number of hydrogen-bond acceptors (Lipinski definition) is 2.